The first kappa shape index (κ1) is 15.5. The van der Waals surface area contributed by atoms with Crippen LogP contribution in [0.1, 0.15) is 22.7 Å². The molecule has 5 rings (SSSR count). The molecule has 0 radical (unpaired) electrons. The quantitative estimate of drug-likeness (QED) is 0.711. The number of hydrogen-bond donors (Lipinski definition) is 0. The zero-order valence-corrected chi connectivity index (χ0v) is 15.0. The number of aromatic nitrogens is 2. The summed E-state index contributed by atoms with van der Waals surface area (Å²) in [4.78, 5) is 13.9. The Bertz CT molecular complexity index is 881. The van der Waals surface area contributed by atoms with Crippen LogP contribution < -0.4 is 4.90 Å². The Morgan fingerprint density at radius 2 is 1.31 bits per heavy atom. The number of fused-ring (bicyclic) bond motifs is 3. The van der Waals surface area contributed by atoms with E-state index in [1.165, 1.54) is 22.3 Å². The van der Waals surface area contributed by atoms with E-state index in [0.29, 0.717) is 6.04 Å². The molecular weight excluding hydrogens is 320 g/mol. The van der Waals surface area contributed by atoms with Crippen LogP contribution in [0, 0.1) is 6.92 Å². The highest BCUT2D eigenvalue weighted by molar-refractivity contribution is 5.78. The molecular formula is C22H22N4. The van der Waals surface area contributed by atoms with Gasteiger partial charge in [-0.15, -0.1) is 0 Å². The van der Waals surface area contributed by atoms with Crippen molar-refractivity contribution in [2.75, 3.05) is 31.1 Å². The van der Waals surface area contributed by atoms with E-state index in [2.05, 4.69) is 68.3 Å². The van der Waals surface area contributed by atoms with Gasteiger partial charge >= 0.3 is 0 Å². The Labute approximate surface area is 154 Å². The van der Waals surface area contributed by atoms with Gasteiger partial charge < -0.3 is 4.90 Å². The summed E-state index contributed by atoms with van der Waals surface area (Å²) >= 11 is 0. The van der Waals surface area contributed by atoms with Crippen molar-refractivity contribution in [1.82, 2.24) is 14.9 Å². The minimum absolute atomic E-state index is 0.364. The van der Waals surface area contributed by atoms with Gasteiger partial charge in [0.05, 0.1) is 6.04 Å². The molecule has 2 aromatic carbocycles. The highest BCUT2D eigenvalue weighted by Gasteiger charge is 2.34. The molecule has 1 fully saturated rings. The smallest absolute Gasteiger partial charge is 0.225 e. The zero-order valence-electron chi connectivity index (χ0n) is 15.0. The lowest BCUT2D eigenvalue weighted by Crippen LogP contribution is -2.48. The van der Waals surface area contributed by atoms with Crippen LogP contribution in [0.25, 0.3) is 11.1 Å². The first-order chi connectivity index (χ1) is 12.8. The summed E-state index contributed by atoms with van der Waals surface area (Å²) in [6.45, 7) is 5.99. The van der Waals surface area contributed by atoms with Crippen molar-refractivity contribution in [2.45, 2.75) is 13.0 Å². The standard InChI is InChI=1S/C22H22N4/c1-16-14-23-22(24-15-16)26-12-10-25(11-13-26)21-19-8-4-2-6-17(19)18-7-3-5-9-20(18)21/h2-9,14-15,21H,10-13H2,1H3. The molecule has 1 aliphatic carbocycles. The molecule has 130 valence electrons. The van der Waals surface area contributed by atoms with Gasteiger partial charge in [-0.25, -0.2) is 9.97 Å². The van der Waals surface area contributed by atoms with E-state index in [0.717, 1.165) is 37.7 Å². The molecule has 26 heavy (non-hydrogen) atoms. The van der Waals surface area contributed by atoms with E-state index in [4.69, 9.17) is 0 Å². The summed E-state index contributed by atoms with van der Waals surface area (Å²) in [6, 6.07) is 18.1. The minimum atomic E-state index is 0.364. The van der Waals surface area contributed by atoms with E-state index in [-0.39, 0.29) is 0 Å². The van der Waals surface area contributed by atoms with E-state index >= 15 is 0 Å². The van der Waals surface area contributed by atoms with Gasteiger partial charge in [0, 0.05) is 38.6 Å². The highest BCUT2D eigenvalue weighted by atomic mass is 15.3. The Morgan fingerprint density at radius 3 is 1.88 bits per heavy atom. The molecule has 2 heterocycles. The van der Waals surface area contributed by atoms with Gasteiger partial charge in [0.15, 0.2) is 0 Å². The number of piperazine rings is 1. The van der Waals surface area contributed by atoms with E-state index < -0.39 is 0 Å². The molecule has 0 atom stereocenters. The van der Waals surface area contributed by atoms with Crippen molar-refractivity contribution in [3.8, 4) is 11.1 Å². The summed E-state index contributed by atoms with van der Waals surface area (Å²) in [5.74, 6) is 0.850. The lowest BCUT2D eigenvalue weighted by atomic mass is 10.0. The number of hydrogen-bond acceptors (Lipinski definition) is 4. The zero-order chi connectivity index (χ0) is 17.5. The second kappa shape index (κ2) is 6.22. The monoisotopic (exact) mass is 342 g/mol. The van der Waals surface area contributed by atoms with E-state index in [1.54, 1.807) is 0 Å². The van der Waals surface area contributed by atoms with Gasteiger partial charge in [-0.1, -0.05) is 48.5 Å². The van der Waals surface area contributed by atoms with Crippen molar-refractivity contribution in [3.05, 3.63) is 77.6 Å². The molecule has 0 saturated carbocycles. The van der Waals surface area contributed by atoms with Crippen molar-refractivity contribution in [2.24, 2.45) is 0 Å². The largest absolute Gasteiger partial charge is 0.338 e. The van der Waals surface area contributed by atoms with Crippen LogP contribution in [0.3, 0.4) is 0 Å². The number of nitrogens with zero attached hydrogens (tertiary/aromatic N) is 4. The first-order valence-electron chi connectivity index (χ1n) is 9.27. The second-order valence-corrected chi connectivity index (χ2v) is 7.16. The van der Waals surface area contributed by atoms with Crippen LogP contribution in [0.15, 0.2) is 60.9 Å². The molecule has 1 aromatic heterocycles. The van der Waals surface area contributed by atoms with Crippen molar-refractivity contribution in [1.29, 1.82) is 0 Å². The van der Waals surface area contributed by atoms with Gasteiger partial charge in [0.2, 0.25) is 5.95 Å². The SMILES string of the molecule is Cc1cnc(N2CCN(C3c4ccccc4-c4ccccc43)CC2)nc1. The fourth-order valence-corrected chi connectivity index (χ4v) is 4.25. The van der Waals surface area contributed by atoms with Crippen LogP contribution in [0.5, 0.6) is 0 Å². The normalized spacial score (nSPS) is 17.2. The molecule has 1 saturated heterocycles. The molecule has 2 aliphatic rings. The Morgan fingerprint density at radius 1 is 0.769 bits per heavy atom. The Balaban J connectivity index is 1.41. The summed E-state index contributed by atoms with van der Waals surface area (Å²) < 4.78 is 0. The molecule has 4 nitrogen and oxygen atoms in total. The molecule has 3 aromatic rings. The number of benzene rings is 2. The van der Waals surface area contributed by atoms with Gasteiger partial charge in [0.1, 0.15) is 0 Å². The van der Waals surface area contributed by atoms with Gasteiger partial charge in [-0.05, 0) is 34.7 Å². The first-order valence-corrected chi connectivity index (χ1v) is 9.27. The topological polar surface area (TPSA) is 32.3 Å². The molecule has 0 bridgehead atoms. The van der Waals surface area contributed by atoms with Crippen LogP contribution in [-0.2, 0) is 0 Å². The maximum atomic E-state index is 4.49. The van der Waals surface area contributed by atoms with Crippen molar-refractivity contribution in [3.63, 3.8) is 0 Å². The molecule has 0 amide bonds. The van der Waals surface area contributed by atoms with Crippen LogP contribution in [-0.4, -0.2) is 41.0 Å². The number of anilines is 1. The maximum Gasteiger partial charge on any atom is 0.225 e. The van der Waals surface area contributed by atoms with Crippen LogP contribution in [0.2, 0.25) is 0 Å². The molecule has 0 N–H and O–H groups in total. The van der Waals surface area contributed by atoms with E-state index in [1.807, 2.05) is 19.3 Å². The fraction of sp³-hybridized carbons (Fsp3) is 0.273. The summed E-state index contributed by atoms with van der Waals surface area (Å²) in [5.41, 5.74) is 6.75. The fourth-order valence-electron chi connectivity index (χ4n) is 4.25. The predicted molar refractivity (Wildman–Crippen MR) is 104 cm³/mol. The molecule has 4 heteroatoms. The van der Waals surface area contributed by atoms with Crippen LogP contribution in [0.4, 0.5) is 5.95 Å². The molecule has 0 spiro atoms. The summed E-state index contributed by atoms with van der Waals surface area (Å²) in [7, 11) is 0. The molecule has 1 aliphatic heterocycles. The van der Waals surface area contributed by atoms with Gasteiger partial charge in [-0.3, -0.25) is 4.90 Å². The third kappa shape index (κ3) is 2.49. The number of aryl methyl sites for hydroxylation is 1. The summed E-state index contributed by atoms with van der Waals surface area (Å²) in [6.07, 6.45) is 3.80. The average Bonchev–Trinajstić information content (AvgIpc) is 3.03. The maximum absolute atomic E-state index is 4.49. The predicted octanol–water partition coefficient (Wildman–Crippen LogP) is 3.68. The molecule has 0 unspecified atom stereocenters. The van der Waals surface area contributed by atoms with E-state index in [9.17, 15) is 0 Å². The number of rotatable bonds is 2. The summed E-state index contributed by atoms with van der Waals surface area (Å²) in [5, 5.41) is 0. The lowest BCUT2D eigenvalue weighted by Gasteiger charge is -2.38. The average molecular weight is 342 g/mol. The third-order valence-corrected chi connectivity index (χ3v) is 5.53. The Hall–Kier alpha value is -2.72. The van der Waals surface area contributed by atoms with Crippen LogP contribution >= 0.6 is 0 Å². The second-order valence-electron chi connectivity index (χ2n) is 7.16. The van der Waals surface area contributed by atoms with Crippen molar-refractivity contribution < 1.29 is 0 Å². The van der Waals surface area contributed by atoms with Crippen molar-refractivity contribution >= 4 is 5.95 Å². The third-order valence-electron chi connectivity index (χ3n) is 5.53. The van der Waals surface area contributed by atoms with Gasteiger partial charge in [-0.2, -0.15) is 0 Å². The van der Waals surface area contributed by atoms with Gasteiger partial charge in [0.25, 0.3) is 0 Å². The highest BCUT2D eigenvalue weighted by Crippen LogP contribution is 2.46. The lowest BCUT2D eigenvalue weighted by molar-refractivity contribution is 0.214. The Kier molecular flexibility index (Phi) is 3.71. The minimum Gasteiger partial charge on any atom is -0.338 e.